The second kappa shape index (κ2) is 8.03. The Morgan fingerprint density at radius 3 is 2.60 bits per heavy atom. The minimum Gasteiger partial charge on any atom is -0.461 e. The van der Waals surface area contributed by atoms with Crippen molar-refractivity contribution < 1.29 is 9.53 Å². The van der Waals surface area contributed by atoms with Gasteiger partial charge in [-0.05, 0) is 43.0 Å². The van der Waals surface area contributed by atoms with Crippen LogP contribution in [0.25, 0.3) is 0 Å². The number of benzene rings is 1. The van der Waals surface area contributed by atoms with Crippen LogP contribution in [-0.2, 0) is 37.1 Å². The molecule has 5 rings (SSSR count). The van der Waals surface area contributed by atoms with E-state index >= 15 is 0 Å². The summed E-state index contributed by atoms with van der Waals surface area (Å²) in [6.07, 6.45) is 4.81. The molecule has 0 saturated heterocycles. The molecule has 1 aromatic carbocycles. The van der Waals surface area contributed by atoms with E-state index in [-0.39, 0.29) is 5.97 Å². The second-order valence-corrected chi connectivity index (χ2v) is 8.02. The molecule has 0 spiro atoms. The highest BCUT2D eigenvalue weighted by Gasteiger charge is 2.34. The molecule has 1 aliphatic carbocycles. The van der Waals surface area contributed by atoms with E-state index in [1.807, 2.05) is 29.8 Å². The maximum absolute atomic E-state index is 12.7. The Morgan fingerprint density at radius 2 is 1.90 bits per heavy atom. The zero-order valence-electron chi connectivity index (χ0n) is 17.3. The van der Waals surface area contributed by atoms with E-state index in [0.29, 0.717) is 24.9 Å². The van der Waals surface area contributed by atoms with Crippen LogP contribution in [0.4, 0.5) is 0 Å². The molecule has 0 radical (unpaired) electrons. The molecule has 0 N–H and O–H groups in total. The molecule has 3 heterocycles. The molecule has 2 aliphatic rings. The van der Waals surface area contributed by atoms with Gasteiger partial charge in [0.2, 0.25) is 0 Å². The lowest BCUT2D eigenvalue weighted by Gasteiger charge is -2.32. The lowest BCUT2D eigenvalue weighted by atomic mass is 10.0. The molecule has 30 heavy (non-hydrogen) atoms. The molecular weight excluding hydrogens is 376 g/mol. The van der Waals surface area contributed by atoms with Crippen LogP contribution < -0.4 is 0 Å². The van der Waals surface area contributed by atoms with Crippen LogP contribution in [0.15, 0.2) is 48.7 Å². The van der Waals surface area contributed by atoms with Crippen LogP contribution in [0.1, 0.15) is 45.5 Å². The van der Waals surface area contributed by atoms with Crippen molar-refractivity contribution in [2.75, 3.05) is 13.2 Å². The lowest BCUT2D eigenvalue weighted by molar-refractivity contribution is 0.0515. The fraction of sp³-hybridized carbons (Fsp3) is 0.375. The van der Waals surface area contributed by atoms with Crippen molar-refractivity contribution in [3.63, 3.8) is 0 Å². The van der Waals surface area contributed by atoms with E-state index in [1.165, 1.54) is 11.1 Å². The van der Waals surface area contributed by atoms with E-state index in [2.05, 4.69) is 39.2 Å². The average Bonchev–Trinajstić information content (AvgIpc) is 3.36. The number of pyridine rings is 1. The number of esters is 1. The van der Waals surface area contributed by atoms with Gasteiger partial charge >= 0.3 is 5.97 Å². The van der Waals surface area contributed by atoms with Gasteiger partial charge in [0.15, 0.2) is 5.69 Å². The third-order valence-corrected chi connectivity index (χ3v) is 6.22. The second-order valence-electron chi connectivity index (χ2n) is 8.02. The Labute approximate surface area is 176 Å². The topological polar surface area (TPSA) is 60.2 Å². The van der Waals surface area contributed by atoms with Crippen LogP contribution in [0, 0.1) is 0 Å². The SMILES string of the molecule is CCOC(=O)c1nn(Cc2ccccn2)c2c1CN(C1Cc3ccccc3C1)CC2. The molecule has 1 aliphatic heterocycles. The Hall–Kier alpha value is -2.99. The van der Waals surface area contributed by atoms with Crippen molar-refractivity contribution in [1.82, 2.24) is 19.7 Å². The van der Waals surface area contributed by atoms with Gasteiger partial charge in [0.05, 0.1) is 18.8 Å². The monoisotopic (exact) mass is 402 g/mol. The summed E-state index contributed by atoms with van der Waals surface area (Å²) in [5.41, 5.74) is 6.45. The van der Waals surface area contributed by atoms with E-state index in [1.54, 1.807) is 6.20 Å². The van der Waals surface area contributed by atoms with Gasteiger partial charge in [-0.15, -0.1) is 0 Å². The molecule has 0 amide bonds. The van der Waals surface area contributed by atoms with Gasteiger partial charge in [-0.3, -0.25) is 14.6 Å². The number of ether oxygens (including phenoxy) is 1. The van der Waals surface area contributed by atoms with Crippen LogP contribution >= 0.6 is 0 Å². The Balaban J connectivity index is 1.43. The normalized spacial score (nSPS) is 16.3. The zero-order chi connectivity index (χ0) is 20.5. The Morgan fingerprint density at radius 1 is 1.13 bits per heavy atom. The number of fused-ring (bicyclic) bond motifs is 2. The van der Waals surface area contributed by atoms with Crippen LogP contribution in [0.5, 0.6) is 0 Å². The molecule has 0 bridgehead atoms. The molecule has 2 aromatic heterocycles. The standard InChI is InChI=1S/C24H26N4O2/c1-2-30-24(29)23-21-16-27(20-13-17-7-3-4-8-18(17)14-20)12-10-22(21)28(26-23)15-19-9-5-6-11-25-19/h3-9,11,20H,2,10,12-16H2,1H3. The third kappa shape index (κ3) is 3.52. The summed E-state index contributed by atoms with van der Waals surface area (Å²) < 4.78 is 7.27. The first-order chi connectivity index (χ1) is 14.7. The van der Waals surface area contributed by atoms with Crippen molar-refractivity contribution in [1.29, 1.82) is 0 Å². The van der Waals surface area contributed by atoms with Crippen LogP contribution in [0.2, 0.25) is 0 Å². The smallest absolute Gasteiger partial charge is 0.359 e. The number of hydrogen-bond donors (Lipinski definition) is 0. The summed E-state index contributed by atoms with van der Waals surface area (Å²) in [6.45, 7) is 4.46. The van der Waals surface area contributed by atoms with Crippen molar-refractivity contribution >= 4 is 5.97 Å². The summed E-state index contributed by atoms with van der Waals surface area (Å²) in [5, 5.41) is 4.68. The van der Waals surface area contributed by atoms with Crippen molar-refractivity contribution in [3.8, 4) is 0 Å². The summed E-state index contributed by atoms with van der Waals surface area (Å²) in [4.78, 5) is 19.6. The van der Waals surface area contributed by atoms with Gasteiger partial charge in [0.25, 0.3) is 0 Å². The van der Waals surface area contributed by atoms with Crippen LogP contribution in [-0.4, -0.2) is 44.8 Å². The van der Waals surface area contributed by atoms with Gasteiger partial charge in [-0.1, -0.05) is 30.3 Å². The minimum absolute atomic E-state index is 0.329. The largest absolute Gasteiger partial charge is 0.461 e. The molecule has 154 valence electrons. The highest BCUT2D eigenvalue weighted by Crippen LogP contribution is 2.31. The molecule has 0 unspecified atom stereocenters. The quantitative estimate of drug-likeness (QED) is 0.614. The summed E-state index contributed by atoms with van der Waals surface area (Å²) in [6, 6.07) is 15.1. The predicted molar refractivity (Wildman–Crippen MR) is 113 cm³/mol. The number of carbonyl (C=O) groups excluding carboxylic acids is 1. The van der Waals surface area contributed by atoms with Crippen LogP contribution in [0.3, 0.4) is 0 Å². The Bertz CT molecular complexity index is 1040. The number of hydrogen-bond acceptors (Lipinski definition) is 5. The number of carbonyl (C=O) groups is 1. The molecule has 0 atom stereocenters. The molecule has 6 nitrogen and oxygen atoms in total. The lowest BCUT2D eigenvalue weighted by Crippen LogP contribution is -2.40. The van der Waals surface area contributed by atoms with Gasteiger partial charge < -0.3 is 4.74 Å². The summed E-state index contributed by atoms with van der Waals surface area (Å²) in [5.74, 6) is -0.329. The first-order valence-corrected chi connectivity index (χ1v) is 10.7. The highest BCUT2D eigenvalue weighted by molar-refractivity contribution is 5.89. The van der Waals surface area contributed by atoms with Gasteiger partial charge in [-0.25, -0.2) is 4.79 Å². The maximum atomic E-state index is 12.7. The third-order valence-electron chi connectivity index (χ3n) is 6.22. The van der Waals surface area contributed by atoms with Gasteiger partial charge in [0.1, 0.15) is 0 Å². The van der Waals surface area contributed by atoms with Crippen molar-refractivity contribution in [2.24, 2.45) is 0 Å². The van der Waals surface area contributed by atoms with Gasteiger partial charge in [0, 0.05) is 43.0 Å². The molecule has 0 saturated carbocycles. The van der Waals surface area contributed by atoms with E-state index in [0.717, 1.165) is 49.3 Å². The zero-order valence-corrected chi connectivity index (χ0v) is 17.3. The first kappa shape index (κ1) is 19.0. The van der Waals surface area contributed by atoms with Gasteiger partial charge in [-0.2, -0.15) is 5.10 Å². The van der Waals surface area contributed by atoms with E-state index in [4.69, 9.17) is 4.74 Å². The van der Waals surface area contributed by atoms with Crippen molar-refractivity contribution in [2.45, 2.75) is 45.3 Å². The number of rotatable bonds is 5. The van der Waals surface area contributed by atoms with E-state index < -0.39 is 0 Å². The average molecular weight is 402 g/mol. The number of aromatic nitrogens is 3. The number of nitrogens with zero attached hydrogens (tertiary/aromatic N) is 4. The molecule has 0 fully saturated rings. The maximum Gasteiger partial charge on any atom is 0.359 e. The first-order valence-electron chi connectivity index (χ1n) is 10.7. The minimum atomic E-state index is -0.329. The van der Waals surface area contributed by atoms with E-state index in [9.17, 15) is 4.79 Å². The molecule has 6 heteroatoms. The molecule has 3 aromatic rings. The molecular formula is C24H26N4O2. The highest BCUT2D eigenvalue weighted by atomic mass is 16.5. The fourth-order valence-corrected chi connectivity index (χ4v) is 4.76. The summed E-state index contributed by atoms with van der Waals surface area (Å²) >= 11 is 0. The fourth-order valence-electron chi connectivity index (χ4n) is 4.76. The van der Waals surface area contributed by atoms with Crippen molar-refractivity contribution in [3.05, 3.63) is 82.4 Å². The predicted octanol–water partition coefficient (Wildman–Crippen LogP) is 3.03. The Kier molecular flexibility index (Phi) is 5.09. The summed E-state index contributed by atoms with van der Waals surface area (Å²) in [7, 11) is 0.